The lowest BCUT2D eigenvalue weighted by Crippen LogP contribution is -2.37. The predicted octanol–water partition coefficient (Wildman–Crippen LogP) is 3.06. The molecule has 1 aromatic rings. The average Bonchev–Trinajstić information content (AvgIpc) is 2.48. The van der Waals surface area contributed by atoms with Gasteiger partial charge in [-0.05, 0) is 25.0 Å². The van der Waals surface area contributed by atoms with Crippen molar-refractivity contribution in [2.45, 2.75) is 38.5 Å². The number of carbonyl (C=O) groups is 2. The summed E-state index contributed by atoms with van der Waals surface area (Å²) in [6, 6.07) is 7.04. The van der Waals surface area contributed by atoms with E-state index in [-0.39, 0.29) is 12.3 Å². The zero-order chi connectivity index (χ0) is 15.3. The third kappa shape index (κ3) is 3.74. The average molecular weight is 291 g/mol. The van der Waals surface area contributed by atoms with Crippen LogP contribution >= 0.6 is 0 Å². The minimum atomic E-state index is -0.902. The summed E-state index contributed by atoms with van der Waals surface area (Å²) in [6.45, 7) is 0. The highest BCUT2D eigenvalue weighted by Gasteiger charge is 2.41. The monoisotopic (exact) mass is 291 g/mol. The minimum absolute atomic E-state index is 0.0273. The fraction of sp³-hybridized carbons (Fsp3) is 0.500. The molecule has 1 saturated carbocycles. The van der Waals surface area contributed by atoms with Gasteiger partial charge < -0.3 is 15.2 Å². The van der Waals surface area contributed by atoms with Gasteiger partial charge >= 0.3 is 5.97 Å². The summed E-state index contributed by atoms with van der Waals surface area (Å²) in [4.78, 5) is 23.7. The molecule has 5 heteroatoms. The first kappa shape index (κ1) is 15.4. The zero-order valence-electron chi connectivity index (χ0n) is 12.2. The molecule has 0 spiro atoms. The van der Waals surface area contributed by atoms with Gasteiger partial charge in [0.25, 0.3) is 0 Å². The van der Waals surface area contributed by atoms with Crippen LogP contribution < -0.4 is 10.1 Å². The van der Waals surface area contributed by atoms with Crippen molar-refractivity contribution >= 4 is 17.6 Å². The zero-order valence-corrected chi connectivity index (χ0v) is 12.2. The van der Waals surface area contributed by atoms with Gasteiger partial charge in [-0.2, -0.15) is 0 Å². The number of hydrogen-bond acceptors (Lipinski definition) is 3. The van der Waals surface area contributed by atoms with Crippen LogP contribution in [0.5, 0.6) is 5.75 Å². The maximum Gasteiger partial charge on any atom is 0.310 e. The third-order valence-electron chi connectivity index (χ3n) is 4.12. The molecule has 1 amide bonds. The smallest absolute Gasteiger partial charge is 0.310 e. The number of hydrogen-bond donors (Lipinski definition) is 2. The van der Waals surface area contributed by atoms with E-state index >= 15 is 0 Å². The molecule has 0 aromatic heterocycles. The molecule has 1 fully saturated rings. The Bertz CT molecular complexity index is 521. The third-order valence-corrected chi connectivity index (χ3v) is 4.12. The molecule has 21 heavy (non-hydrogen) atoms. The number of carboxylic acid groups (broad SMARTS) is 1. The van der Waals surface area contributed by atoms with Crippen LogP contribution in [0.1, 0.15) is 38.5 Å². The molecule has 1 aliphatic carbocycles. The van der Waals surface area contributed by atoms with E-state index in [9.17, 15) is 14.7 Å². The minimum Gasteiger partial charge on any atom is -0.497 e. The van der Waals surface area contributed by atoms with E-state index in [1.54, 1.807) is 31.4 Å². The van der Waals surface area contributed by atoms with Crippen LogP contribution in [0.3, 0.4) is 0 Å². The van der Waals surface area contributed by atoms with Crippen LogP contribution in [0.4, 0.5) is 5.69 Å². The van der Waals surface area contributed by atoms with Crippen molar-refractivity contribution in [1.29, 1.82) is 0 Å². The molecule has 0 radical (unpaired) electrons. The van der Waals surface area contributed by atoms with Gasteiger partial charge in [0, 0.05) is 18.2 Å². The van der Waals surface area contributed by atoms with Crippen LogP contribution in [0, 0.1) is 5.41 Å². The maximum atomic E-state index is 12.2. The fourth-order valence-electron chi connectivity index (χ4n) is 2.91. The lowest BCUT2D eigenvalue weighted by molar-refractivity contribution is -0.153. The number of carbonyl (C=O) groups excluding carboxylic acids is 1. The van der Waals surface area contributed by atoms with Crippen LogP contribution in [0.15, 0.2) is 24.3 Å². The Morgan fingerprint density at radius 3 is 2.62 bits per heavy atom. The molecule has 2 N–H and O–H groups in total. The molecular formula is C16H21NO4. The summed E-state index contributed by atoms with van der Waals surface area (Å²) in [5.74, 6) is -0.464. The van der Waals surface area contributed by atoms with E-state index in [2.05, 4.69) is 5.32 Å². The van der Waals surface area contributed by atoms with E-state index in [4.69, 9.17) is 4.74 Å². The fourth-order valence-corrected chi connectivity index (χ4v) is 2.91. The molecule has 0 heterocycles. The van der Waals surface area contributed by atoms with Crippen molar-refractivity contribution in [1.82, 2.24) is 0 Å². The lowest BCUT2D eigenvalue weighted by atomic mass is 9.71. The van der Waals surface area contributed by atoms with E-state index in [0.717, 1.165) is 19.3 Å². The molecule has 5 nitrogen and oxygen atoms in total. The Morgan fingerprint density at radius 2 is 2.00 bits per heavy atom. The first-order valence-electron chi connectivity index (χ1n) is 7.23. The largest absolute Gasteiger partial charge is 0.497 e. The van der Waals surface area contributed by atoms with E-state index < -0.39 is 11.4 Å². The van der Waals surface area contributed by atoms with Gasteiger partial charge in [-0.25, -0.2) is 0 Å². The molecule has 1 aromatic carbocycles. The SMILES string of the molecule is COc1cccc(NC(=O)CC2(C(=O)O)CCCCC2)c1. The van der Waals surface area contributed by atoms with Crippen molar-refractivity contribution in [3.8, 4) is 5.75 Å². The first-order chi connectivity index (χ1) is 10.1. The summed E-state index contributed by atoms with van der Waals surface area (Å²) in [5.41, 5.74) is -0.281. The second-order valence-corrected chi connectivity index (χ2v) is 5.60. The van der Waals surface area contributed by atoms with Crippen molar-refractivity contribution in [2.24, 2.45) is 5.41 Å². The summed E-state index contributed by atoms with van der Waals surface area (Å²) < 4.78 is 5.10. The topological polar surface area (TPSA) is 75.6 Å². The number of methoxy groups -OCH3 is 1. The van der Waals surface area contributed by atoms with Crippen molar-refractivity contribution in [3.63, 3.8) is 0 Å². The van der Waals surface area contributed by atoms with Crippen molar-refractivity contribution < 1.29 is 19.4 Å². The molecule has 0 bridgehead atoms. The number of carboxylic acids is 1. The van der Waals surface area contributed by atoms with Gasteiger partial charge in [-0.3, -0.25) is 9.59 Å². The van der Waals surface area contributed by atoms with Gasteiger partial charge in [-0.15, -0.1) is 0 Å². The first-order valence-corrected chi connectivity index (χ1v) is 7.23. The van der Waals surface area contributed by atoms with E-state index in [0.29, 0.717) is 24.3 Å². The van der Waals surface area contributed by atoms with Crippen LogP contribution in [-0.4, -0.2) is 24.1 Å². The van der Waals surface area contributed by atoms with Gasteiger partial charge in [0.15, 0.2) is 0 Å². The number of anilines is 1. The lowest BCUT2D eigenvalue weighted by Gasteiger charge is -2.32. The number of ether oxygens (including phenoxy) is 1. The predicted molar refractivity (Wildman–Crippen MR) is 79.4 cm³/mol. The molecule has 0 atom stereocenters. The molecular weight excluding hydrogens is 270 g/mol. The second kappa shape index (κ2) is 6.61. The Morgan fingerprint density at radius 1 is 1.29 bits per heavy atom. The summed E-state index contributed by atoms with van der Waals surface area (Å²) in [6.07, 6.45) is 3.98. The van der Waals surface area contributed by atoms with Crippen LogP contribution in [0.25, 0.3) is 0 Å². The highest BCUT2D eigenvalue weighted by atomic mass is 16.5. The van der Waals surface area contributed by atoms with E-state index in [1.807, 2.05) is 0 Å². The number of nitrogens with one attached hydrogen (secondary N) is 1. The van der Waals surface area contributed by atoms with Crippen LogP contribution in [0.2, 0.25) is 0 Å². The van der Waals surface area contributed by atoms with Gasteiger partial charge in [0.1, 0.15) is 5.75 Å². The summed E-state index contributed by atoms with van der Waals surface area (Å²) in [7, 11) is 1.56. The Hall–Kier alpha value is -2.04. The van der Waals surface area contributed by atoms with Gasteiger partial charge in [-0.1, -0.05) is 25.3 Å². The summed E-state index contributed by atoms with van der Waals surface area (Å²) in [5, 5.41) is 12.2. The molecule has 1 aliphatic rings. The Labute approximate surface area is 124 Å². The van der Waals surface area contributed by atoms with Gasteiger partial charge in [0.05, 0.1) is 12.5 Å². The Balaban J connectivity index is 2.03. The molecule has 2 rings (SSSR count). The standard InChI is InChI=1S/C16H21NO4/c1-21-13-7-5-6-12(10-13)17-14(18)11-16(15(19)20)8-3-2-4-9-16/h5-7,10H,2-4,8-9,11H2,1H3,(H,17,18)(H,19,20). The molecule has 0 unspecified atom stereocenters. The number of benzene rings is 1. The normalized spacial score (nSPS) is 17.0. The van der Waals surface area contributed by atoms with Crippen molar-refractivity contribution in [3.05, 3.63) is 24.3 Å². The van der Waals surface area contributed by atoms with Crippen molar-refractivity contribution in [2.75, 3.05) is 12.4 Å². The van der Waals surface area contributed by atoms with Gasteiger partial charge in [0.2, 0.25) is 5.91 Å². The summed E-state index contributed by atoms with van der Waals surface area (Å²) >= 11 is 0. The highest BCUT2D eigenvalue weighted by molar-refractivity contribution is 5.94. The number of amides is 1. The Kier molecular flexibility index (Phi) is 4.83. The highest BCUT2D eigenvalue weighted by Crippen LogP contribution is 2.39. The molecule has 114 valence electrons. The van der Waals surface area contributed by atoms with E-state index in [1.165, 1.54) is 0 Å². The quantitative estimate of drug-likeness (QED) is 0.874. The molecule has 0 saturated heterocycles. The molecule has 0 aliphatic heterocycles. The maximum absolute atomic E-state index is 12.2. The van der Waals surface area contributed by atoms with Crippen LogP contribution in [-0.2, 0) is 9.59 Å². The second-order valence-electron chi connectivity index (χ2n) is 5.60. The number of aliphatic carboxylic acids is 1. The number of rotatable bonds is 5.